The number of thiazole rings is 1. The number of hydrogen-bond acceptors (Lipinski definition) is 5. The lowest BCUT2D eigenvalue weighted by Gasteiger charge is -2.14. The van der Waals surface area contributed by atoms with Gasteiger partial charge in [-0.15, -0.1) is 11.3 Å². The number of nitrogens with zero attached hydrogens (tertiary/aromatic N) is 2. The number of benzene rings is 1. The van der Waals surface area contributed by atoms with E-state index in [1.807, 2.05) is 43.5 Å². The van der Waals surface area contributed by atoms with E-state index < -0.39 is 0 Å². The van der Waals surface area contributed by atoms with E-state index in [4.69, 9.17) is 4.74 Å². The molecule has 138 valence electrons. The van der Waals surface area contributed by atoms with Crippen LogP contribution in [0.4, 0.5) is 5.13 Å². The quantitative estimate of drug-likeness (QED) is 0.810. The summed E-state index contributed by atoms with van der Waals surface area (Å²) < 4.78 is 5.43. The van der Waals surface area contributed by atoms with Gasteiger partial charge in [0.25, 0.3) is 0 Å². The molecule has 26 heavy (non-hydrogen) atoms. The van der Waals surface area contributed by atoms with E-state index in [1.54, 1.807) is 4.90 Å². The van der Waals surface area contributed by atoms with E-state index in [1.165, 1.54) is 11.3 Å². The molecule has 2 aromatic rings. The summed E-state index contributed by atoms with van der Waals surface area (Å²) in [5.41, 5.74) is 1.71. The molecule has 1 aliphatic rings. The highest BCUT2D eigenvalue weighted by Gasteiger charge is 2.24. The minimum absolute atomic E-state index is 0.0871. The van der Waals surface area contributed by atoms with E-state index in [2.05, 4.69) is 10.3 Å². The summed E-state index contributed by atoms with van der Waals surface area (Å²) in [6, 6.07) is 7.62. The highest BCUT2D eigenvalue weighted by molar-refractivity contribution is 7.14. The number of ether oxygens (including phenoxy) is 1. The predicted octanol–water partition coefficient (Wildman–Crippen LogP) is 3.09. The number of amides is 2. The van der Waals surface area contributed by atoms with Gasteiger partial charge in [-0.25, -0.2) is 4.98 Å². The summed E-state index contributed by atoms with van der Waals surface area (Å²) >= 11 is 1.41. The molecular weight excluding hydrogens is 350 g/mol. The fourth-order valence-electron chi connectivity index (χ4n) is 2.91. The van der Waals surface area contributed by atoms with Gasteiger partial charge in [0.05, 0.1) is 24.8 Å². The zero-order valence-corrected chi connectivity index (χ0v) is 15.8. The van der Waals surface area contributed by atoms with Crippen LogP contribution in [0.5, 0.6) is 5.75 Å². The molecule has 0 aliphatic carbocycles. The van der Waals surface area contributed by atoms with Gasteiger partial charge in [-0.1, -0.05) is 12.1 Å². The van der Waals surface area contributed by atoms with Gasteiger partial charge < -0.3 is 10.1 Å². The summed E-state index contributed by atoms with van der Waals surface area (Å²) in [5, 5.41) is 5.53. The fourth-order valence-corrected chi connectivity index (χ4v) is 3.78. The molecule has 0 spiro atoms. The number of rotatable bonds is 7. The molecule has 1 saturated heterocycles. The number of hydrogen-bond donors (Lipinski definition) is 1. The second kappa shape index (κ2) is 8.31. The Morgan fingerprint density at radius 1 is 1.38 bits per heavy atom. The van der Waals surface area contributed by atoms with Gasteiger partial charge in [-0.05, 0) is 38.0 Å². The molecule has 3 rings (SSSR count). The first kappa shape index (κ1) is 18.4. The monoisotopic (exact) mass is 373 g/mol. The van der Waals surface area contributed by atoms with Crippen molar-refractivity contribution < 1.29 is 14.3 Å². The van der Waals surface area contributed by atoms with Crippen molar-refractivity contribution in [3.05, 3.63) is 40.9 Å². The Morgan fingerprint density at radius 2 is 2.15 bits per heavy atom. The van der Waals surface area contributed by atoms with E-state index in [0.29, 0.717) is 30.4 Å². The first-order valence-electron chi connectivity index (χ1n) is 8.83. The highest BCUT2D eigenvalue weighted by atomic mass is 32.1. The predicted molar refractivity (Wildman–Crippen MR) is 102 cm³/mol. The SMILES string of the molecule is CCOc1ccc(C(C)NC(=O)Cc2csc(N3CCCC3=O)n2)cc1. The molecule has 1 fully saturated rings. The van der Waals surface area contributed by atoms with E-state index in [0.717, 1.165) is 17.7 Å². The molecule has 1 aliphatic heterocycles. The number of carbonyl (C=O) groups is 2. The topological polar surface area (TPSA) is 71.5 Å². The normalized spacial score (nSPS) is 15.2. The van der Waals surface area contributed by atoms with Crippen LogP contribution in [0.15, 0.2) is 29.6 Å². The third kappa shape index (κ3) is 4.40. The molecule has 0 bridgehead atoms. The van der Waals surface area contributed by atoms with Crippen LogP contribution < -0.4 is 15.0 Å². The summed E-state index contributed by atoms with van der Waals surface area (Å²) in [7, 11) is 0. The zero-order valence-electron chi connectivity index (χ0n) is 15.0. The van der Waals surface area contributed by atoms with Crippen LogP contribution in [-0.4, -0.2) is 29.9 Å². The summed E-state index contributed by atoms with van der Waals surface area (Å²) in [6.07, 6.45) is 1.66. The van der Waals surface area contributed by atoms with Crippen molar-refractivity contribution in [2.75, 3.05) is 18.1 Å². The smallest absolute Gasteiger partial charge is 0.228 e. The molecule has 0 radical (unpaired) electrons. The number of aromatic nitrogens is 1. The Morgan fingerprint density at radius 3 is 2.81 bits per heavy atom. The average Bonchev–Trinajstić information content (AvgIpc) is 3.24. The molecule has 1 aromatic carbocycles. The lowest BCUT2D eigenvalue weighted by molar-refractivity contribution is -0.121. The summed E-state index contributed by atoms with van der Waals surface area (Å²) in [6.45, 7) is 5.24. The Bertz CT molecular complexity index is 773. The molecule has 1 N–H and O–H groups in total. The van der Waals surface area contributed by atoms with Crippen LogP contribution in [0.3, 0.4) is 0 Å². The van der Waals surface area contributed by atoms with Crippen molar-refractivity contribution >= 4 is 28.3 Å². The lowest BCUT2D eigenvalue weighted by Crippen LogP contribution is -2.28. The van der Waals surface area contributed by atoms with Crippen molar-refractivity contribution in [3.8, 4) is 5.75 Å². The molecule has 7 heteroatoms. The van der Waals surface area contributed by atoms with Gasteiger partial charge in [0.1, 0.15) is 5.75 Å². The fraction of sp³-hybridized carbons (Fsp3) is 0.421. The molecule has 2 heterocycles. The minimum Gasteiger partial charge on any atom is -0.494 e. The summed E-state index contributed by atoms with van der Waals surface area (Å²) in [4.78, 5) is 30.2. The van der Waals surface area contributed by atoms with Crippen LogP contribution in [0.2, 0.25) is 0 Å². The first-order valence-corrected chi connectivity index (χ1v) is 9.71. The third-order valence-electron chi connectivity index (χ3n) is 4.25. The summed E-state index contributed by atoms with van der Waals surface area (Å²) in [5.74, 6) is 0.844. The van der Waals surface area contributed by atoms with Crippen molar-refractivity contribution in [2.45, 2.75) is 39.2 Å². The van der Waals surface area contributed by atoms with Gasteiger partial charge in [-0.2, -0.15) is 0 Å². The maximum atomic E-state index is 12.3. The zero-order chi connectivity index (χ0) is 18.5. The van der Waals surface area contributed by atoms with Crippen LogP contribution in [0.1, 0.15) is 44.0 Å². The maximum absolute atomic E-state index is 12.3. The van der Waals surface area contributed by atoms with Gasteiger partial charge in [0, 0.05) is 18.3 Å². The number of anilines is 1. The maximum Gasteiger partial charge on any atom is 0.228 e. The van der Waals surface area contributed by atoms with E-state index in [-0.39, 0.29) is 24.3 Å². The lowest BCUT2D eigenvalue weighted by atomic mass is 10.1. The van der Waals surface area contributed by atoms with Crippen LogP contribution in [-0.2, 0) is 16.0 Å². The van der Waals surface area contributed by atoms with E-state index in [9.17, 15) is 9.59 Å². The average molecular weight is 373 g/mol. The van der Waals surface area contributed by atoms with Crippen LogP contribution >= 0.6 is 11.3 Å². The van der Waals surface area contributed by atoms with E-state index >= 15 is 0 Å². The van der Waals surface area contributed by atoms with Crippen molar-refractivity contribution in [2.24, 2.45) is 0 Å². The number of carbonyl (C=O) groups excluding carboxylic acids is 2. The van der Waals surface area contributed by atoms with Crippen molar-refractivity contribution in [3.63, 3.8) is 0 Å². The standard InChI is InChI=1S/C19H23N3O3S/c1-3-25-16-8-6-14(7-9-16)13(2)20-17(23)11-15-12-26-19(21-15)22-10-4-5-18(22)24/h6-9,12-13H,3-5,10-11H2,1-2H3,(H,20,23). The van der Waals surface area contributed by atoms with Crippen LogP contribution in [0, 0.1) is 0 Å². The molecule has 1 aromatic heterocycles. The van der Waals surface area contributed by atoms with Crippen molar-refractivity contribution in [1.29, 1.82) is 0 Å². The molecule has 6 nitrogen and oxygen atoms in total. The molecular formula is C19H23N3O3S. The molecule has 1 unspecified atom stereocenters. The number of nitrogens with one attached hydrogen (secondary N) is 1. The molecule has 2 amide bonds. The minimum atomic E-state index is -0.101. The largest absolute Gasteiger partial charge is 0.494 e. The van der Waals surface area contributed by atoms with Gasteiger partial charge in [-0.3, -0.25) is 14.5 Å². The highest BCUT2D eigenvalue weighted by Crippen LogP contribution is 2.25. The van der Waals surface area contributed by atoms with Crippen molar-refractivity contribution in [1.82, 2.24) is 10.3 Å². The molecule has 1 atom stereocenters. The van der Waals surface area contributed by atoms with Gasteiger partial charge in [0.15, 0.2) is 5.13 Å². The second-order valence-corrected chi connectivity index (χ2v) is 7.07. The first-order chi connectivity index (χ1) is 12.6. The van der Waals surface area contributed by atoms with Crippen LogP contribution in [0.25, 0.3) is 0 Å². The molecule has 0 saturated carbocycles. The second-order valence-electron chi connectivity index (χ2n) is 6.24. The Balaban J connectivity index is 1.55. The van der Waals surface area contributed by atoms with Gasteiger partial charge in [0.2, 0.25) is 11.8 Å². The Hall–Kier alpha value is -2.41. The third-order valence-corrected chi connectivity index (χ3v) is 5.17. The Labute approximate surface area is 157 Å². The Kier molecular flexibility index (Phi) is 5.88. The van der Waals surface area contributed by atoms with Gasteiger partial charge >= 0.3 is 0 Å².